The van der Waals surface area contributed by atoms with Crippen LogP contribution in [0, 0.1) is 17.2 Å². The van der Waals surface area contributed by atoms with Gasteiger partial charge < -0.3 is 9.64 Å². The summed E-state index contributed by atoms with van der Waals surface area (Å²) in [4.78, 5) is 13.7. The molecule has 0 N–H and O–H groups in total. The largest absolute Gasteiger partial charge is 0.496 e. The fourth-order valence-corrected chi connectivity index (χ4v) is 2.39. The molecular formula is C15H18N2O2. The molecular weight excluding hydrogens is 240 g/mol. The van der Waals surface area contributed by atoms with Gasteiger partial charge in [-0.15, -0.1) is 0 Å². The second-order valence-corrected chi connectivity index (χ2v) is 4.76. The van der Waals surface area contributed by atoms with Gasteiger partial charge in [0, 0.05) is 19.5 Å². The van der Waals surface area contributed by atoms with Crippen molar-refractivity contribution in [3.63, 3.8) is 0 Å². The first kappa shape index (κ1) is 13.4. The van der Waals surface area contributed by atoms with E-state index in [4.69, 9.17) is 10.00 Å². The van der Waals surface area contributed by atoms with Crippen LogP contribution < -0.4 is 4.74 Å². The van der Waals surface area contributed by atoms with Gasteiger partial charge in [-0.25, -0.2) is 0 Å². The lowest BCUT2D eigenvalue weighted by Gasteiger charge is -2.29. The van der Waals surface area contributed by atoms with Crippen molar-refractivity contribution in [1.82, 2.24) is 4.90 Å². The molecule has 1 saturated heterocycles. The minimum absolute atomic E-state index is 0.0905. The van der Waals surface area contributed by atoms with E-state index < -0.39 is 0 Å². The molecule has 0 aromatic heterocycles. The number of rotatable bonds is 4. The predicted molar refractivity (Wildman–Crippen MR) is 71.6 cm³/mol. The van der Waals surface area contributed by atoms with E-state index >= 15 is 0 Å². The van der Waals surface area contributed by atoms with E-state index in [1.54, 1.807) is 7.11 Å². The first-order chi connectivity index (χ1) is 9.24. The van der Waals surface area contributed by atoms with Crippen LogP contribution in [0.3, 0.4) is 0 Å². The number of amides is 1. The lowest BCUT2D eigenvalue weighted by molar-refractivity contribution is -0.134. The molecule has 1 aliphatic rings. The number of nitriles is 1. The third kappa shape index (κ3) is 3.25. The van der Waals surface area contributed by atoms with Crippen LogP contribution in [0.2, 0.25) is 0 Å². The van der Waals surface area contributed by atoms with Gasteiger partial charge in [-0.2, -0.15) is 5.26 Å². The molecule has 1 atom stereocenters. The van der Waals surface area contributed by atoms with Gasteiger partial charge in [0.05, 0.1) is 19.1 Å². The van der Waals surface area contributed by atoms with E-state index in [0.29, 0.717) is 19.5 Å². The smallest absolute Gasteiger partial charge is 0.223 e. The lowest BCUT2D eigenvalue weighted by Crippen LogP contribution is -2.39. The average molecular weight is 258 g/mol. The molecule has 1 aliphatic heterocycles. The Kier molecular flexibility index (Phi) is 4.40. The van der Waals surface area contributed by atoms with Crippen LogP contribution in [0.25, 0.3) is 0 Å². The number of hydrogen-bond acceptors (Lipinski definition) is 3. The van der Waals surface area contributed by atoms with Crippen molar-refractivity contribution in [2.75, 3.05) is 20.2 Å². The minimum Gasteiger partial charge on any atom is -0.496 e. The second kappa shape index (κ2) is 6.24. The van der Waals surface area contributed by atoms with Crippen molar-refractivity contribution in [2.45, 2.75) is 19.3 Å². The van der Waals surface area contributed by atoms with Gasteiger partial charge in [0.1, 0.15) is 5.75 Å². The molecule has 19 heavy (non-hydrogen) atoms. The summed E-state index contributed by atoms with van der Waals surface area (Å²) in [5, 5.41) is 8.83. The maximum Gasteiger partial charge on any atom is 0.223 e. The lowest BCUT2D eigenvalue weighted by atomic mass is 9.97. The Hall–Kier alpha value is -2.02. The number of ether oxygens (including phenoxy) is 1. The number of benzene rings is 1. The third-order valence-electron chi connectivity index (χ3n) is 3.55. The van der Waals surface area contributed by atoms with Crippen LogP contribution in [0.1, 0.15) is 18.4 Å². The van der Waals surface area contributed by atoms with Gasteiger partial charge in [-0.3, -0.25) is 4.79 Å². The van der Waals surface area contributed by atoms with Crippen LogP contribution in [0.5, 0.6) is 5.75 Å². The fourth-order valence-electron chi connectivity index (χ4n) is 2.39. The molecule has 0 saturated carbocycles. The van der Waals surface area contributed by atoms with Gasteiger partial charge in [0.25, 0.3) is 0 Å². The Bertz CT molecular complexity index is 493. The minimum atomic E-state index is -0.102. The SMILES string of the molecule is COc1ccccc1CCN1CCC(C#N)CC1=O. The number of hydrogen-bond donors (Lipinski definition) is 0. The number of para-hydroxylation sites is 1. The van der Waals surface area contributed by atoms with E-state index in [2.05, 4.69) is 6.07 Å². The summed E-state index contributed by atoms with van der Waals surface area (Å²) in [7, 11) is 1.66. The number of piperidine rings is 1. The zero-order chi connectivity index (χ0) is 13.7. The maximum absolute atomic E-state index is 11.9. The molecule has 1 aromatic carbocycles. The number of likely N-dealkylation sites (tertiary alicyclic amines) is 1. The first-order valence-corrected chi connectivity index (χ1v) is 6.54. The van der Waals surface area contributed by atoms with E-state index in [1.807, 2.05) is 29.2 Å². The zero-order valence-corrected chi connectivity index (χ0v) is 11.1. The van der Waals surface area contributed by atoms with Crippen LogP contribution in [-0.2, 0) is 11.2 Å². The molecule has 0 radical (unpaired) electrons. The van der Waals surface area contributed by atoms with Crippen molar-refractivity contribution in [2.24, 2.45) is 5.92 Å². The van der Waals surface area contributed by atoms with Gasteiger partial charge in [0.15, 0.2) is 0 Å². The summed E-state index contributed by atoms with van der Waals surface area (Å²) in [5.74, 6) is 0.851. The summed E-state index contributed by atoms with van der Waals surface area (Å²) in [6.07, 6.45) is 1.93. The maximum atomic E-state index is 11.9. The summed E-state index contributed by atoms with van der Waals surface area (Å²) in [6.45, 7) is 1.38. The number of methoxy groups -OCH3 is 1. The Labute approximate surface area is 113 Å². The van der Waals surface area contributed by atoms with Crippen LogP contribution in [-0.4, -0.2) is 31.0 Å². The summed E-state index contributed by atoms with van der Waals surface area (Å²) in [5.41, 5.74) is 1.11. The van der Waals surface area contributed by atoms with Gasteiger partial charge in [-0.1, -0.05) is 18.2 Å². The van der Waals surface area contributed by atoms with Crippen molar-refractivity contribution < 1.29 is 9.53 Å². The number of carbonyl (C=O) groups is 1. The Morgan fingerprint density at radius 2 is 2.26 bits per heavy atom. The quantitative estimate of drug-likeness (QED) is 0.830. The Morgan fingerprint density at radius 1 is 1.47 bits per heavy atom. The normalized spacial score (nSPS) is 19.1. The highest BCUT2D eigenvalue weighted by molar-refractivity contribution is 5.77. The average Bonchev–Trinajstić information content (AvgIpc) is 2.46. The topological polar surface area (TPSA) is 53.3 Å². The fraction of sp³-hybridized carbons (Fsp3) is 0.467. The molecule has 1 heterocycles. The Morgan fingerprint density at radius 3 is 2.95 bits per heavy atom. The molecule has 1 unspecified atom stereocenters. The summed E-state index contributed by atoms with van der Waals surface area (Å²) >= 11 is 0. The number of nitrogens with zero attached hydrogens (tertiary/aromatic N) is 2. The van der Waals surface area contributed by atoms with Crippen molar-refractivity contribution in [3.05, 3.63) is 29.8 Å². The monoisotopic (exact) mass is 258 g/mol. The molecule has 4 nitrogen and oxygen atoms in total. The van der Waals surface area contributed by atoms with Crippen molar-refractivity contribution >= 4 is 5.91 Å². The molecule has 1 amide bonds. The molecule has 0 aliphatic carbocycles. The van der Waals surface area contributed by atoms with E-state index in [0.717, 1.165) is 24.2 Å². The van der Waals surface area contributed by atoms with Crippen LogP contribution >= 0.6 is 0 Å². The standard InChI is InChI=1S/C15H18N2O2/c1-19-14-5-3-2-4-13(14)7-9-17-8-6-12(11-16)10-15(17)18/h2-5,12H,6-10H2,1H3. The van der Waals surface area contributed by atoms with Crippen LogP contribution in [0.15, 0.2) is 24.3 Å². The second-order valence-electron chi connectivity index (χ2n) is 4.76. The molecule has 2 rings (SSSR count). The Balaban J connectivity index is 1.93. The highest BCUT2D eigenvalue weighted by Crippen LogP contribution is 2.21. The van der Waals surface area contributed by atoms with E-state index in [-0.39, 0.29) is 11.8 Å². The van der Waals surface area contributed by atoms with Gasteiger partial charge >= 0.3 is 0 Å². The molecule has 0 spiro atoms. The zero-order valence-electron chi connectivity index (χ0n) is 11.1. The molecule has 0 bridgehead atoms. The first-order valence-electron chi connectivity index (χ1n) is 6.54. The summed E-state index contributed by atoms with van der Waals surface area (Å²) < 4.78 is 5.30. The van der Waals surface area contributed by atoms with Crippen molar-refractivity contribution in [3.8, 4) is 11.8 Å². The molecule has 1 fully saturated rings. The van der Waals surface area contributed by atoms with E-state index in [9.17, 15) is 4.79 Å². The highest BCUT2D eigenvalue weighted by Gasteiger charge is 2.25. The molecule has 1 aromatic rings. The highest BCUT2D eigenvalue weighted by atomic mass is 16.5. The molecule has 4 heteroatoms. The third-order valence-corrected chi connectivity index (χ3v) is 3.55. The van der Waals surface area contributed by atoms with Crippen molar-refractivity contribution in [1.29, 1.82) is 5.26 Å². The summed E-state index contributed by atoms with van der Waals surface area (Å²) in [6, 6.07) is 10.0. The van der Waals surface area contributed by atoms with Crippen LogP contribution in [0.4, 0.5) is 0 Å². The number of carbonyl (C=O) groups excluding carboxylic acids is 1. The molecule has 100 valence electrons. The van der Waals surface area contributed by atoms with Gasteiger partial charge in [0.2, 0.25) is 5.91 Å². The van der Waals surface area contributed by atoms with Gasteiger partial charge in [-0.05, 0) is 24.5 Å². The van der Waals surface area contributed by atoms with E-state index in [1.165, 1.54) is 0 Å². The predicted octanol–water partition coefficient (Wildman–Crippen LogP) is 2.00.